The van der Waals surface area contributed by atoms with Gasteiger partial charge in [-0.1, -0.05) is 142 Å². The molecule has 0 saturated heterocycles. The molecule has 0 atom stereocenters. The number of ether oxygens (including phenoxy) is 2. The second-order valence-electron chi connectivity index (χ2n) is 11.5. The Morgan fingerprint density at radius 2 is 0.780 bits per heavy atom. The van der Waals surface area contributed by atoms with E-state index in [-0.39, 0.29) is 50.0 Å². The van der Waals surface area contributed by atoms with Crippen molar-refractivity contribution in [3.05, 3.63) is 0 Å². The van der Waals surface area contributed by atoms with Crippen molar-refractivity contribution in [2.75, 3.05) is 32.2 Å². The number of unbranched alkanes of at least 4 members (excludes halogenated alkanes) is 20. The SMILES string of the molecule is CCCCCCCCCCCCCC(=O)OCCN(CCOC(=O)CCCCCCCCCCCCC)C(=O)CCl. The molecule has 0 unspecified atom stereocenters. The third-order valence-electron chi connectivity index (χ3n) is 7.68. The number of esters is 2. The average Bonchev–Trinajstić information content (AvgIpc) is 2.97. The Kier molecular flexibility index (Phi) is 30.6. The van der Waals surface area contributed by atoms with Gasteiger partial charge in [-0.25, -0.2) is 0 Å². The van der Waals surface area contributed by atoms with Gasteiger partial charge in [-0.15, -0.1) is 11.6 Å². The molecule has 0 aromatic heterocycles. The zero-order chi connectivity index (χ0) is 30.2. The van der Waals surface area contributed by atoms with Crippen LogP contribution in [0.25, 0.3) is 0 Å². The summed E-state index contributed by atoms with van der Waals surface area (Å²) in [5, 5.41) is 0. The van der Waals surface area contributed by atoms with Crippen molar-refractivity contribution >= 4 is 29.4 Å². The molecule has 0 aliphatic heterocycles. The molecular formula is C34H64ClNO5. The highest BCUT2D eigenvalue weighted by Gasteiger charge is 2.14. The van der Waals surface area contributed by atoms with E-state index in [9.17, 15) is 14.4 Å². The van der Waals surface area contributed by atoms with Gasteiger partial charge in [-0.2, -0.15) is 0 Å². The minimum Gasteiger partial charge on any atom is -0.464 e. The van der Waals surface area contributed by atoms with Gasteiger partial charge in [-0.3, -0.25) is 14.4 Å². The molecule has 0 saturated carbocycles. The van der Waals surface area contributed by atoms with Crippen LogP contribution in [0.3, 0.4) is 0 Å². The van der Waals surface area contributed by atoms with Crippen LogP contribution in [0.15, 0.2) is 0 Å². The highest BCUT2D eigenvalue weighted by Crippen LogP contribution is 2.13. The molecule has 0 heterocycles. The summed E-state index contributed by atoms with van der Waals surface area (Å²) < 4.78 is 10.7. The Labute approximate surface area is 258 Å². The molecule has 0 N–H and O–H groups in total. The Bertz CT molecular complexity index is 572. The van der Waals surface area contributed by atoms with Crippen molar-refractivity contribution in [2.24, 2.45) is 0 Å². The molecule has 0 aromatic rings. The smallest absolute Gasteiger partial charge is 0.305 e. The van der Waals surface area contributed by atoms with E-state index < -0.39 is 0 Å². The van der Waals surface area contributed by atoms with Gasteiger partial charge in [0, 0.05) is 12.8 Å². The molecule has 0 aliphatic rings. The first-order chi connectivity index (χ1) is 20.0. The van der Waals surface area contributed by atoms with Gasteiger partial charge < -0.3 is 14.4 Å². The number of alkyl halides is 1. The molecule has 1 amide bonds. The number of hydrogen-bond acceptors (Lipinski definition) is 5. The van der Waals surface area contributed by atoms with Gasteiger partial charge in [0.1, 0.15) is 19.1 Å². The van der Waals surface area contributed by atoms with Crippen molar-refractivity contribution in [2.45, 2.75) is 168 Å². The molecule has 0 fully saturated rings. The fourth-order valence-corrected chi connectivity index (χ4v) is 5.17. The maximum atomic E-state index is 12.1. The largest absolute Gasteiger partial charge is 0.464 e. The number of halogens is 1. The lowest BCUT2D eigenvalue weighted by molar-refractivity contribution is -0.147. The van der Waals surface area contributed by atoms with Gasteiger partial charge in [-0.05, 0) is 12.8 Å². The number of hydrogen-bond donors (Lipinski definition) is 0. The minimum atomic E-state index is -0.255. The standard InChI is InChI=1S/C34H64ClNO5/c1-3-5-7-9-11-13-15-17-19-21-23-25-33(38)40-29-27-36(32(37)31-35)28-30-41-34(39)26-24-22-20-18-16-14-12-10-8-6-4-2/h3-31H2,1-2H3. The van der Waals surface area contributed by atoms with Gasteiger partial charge in [0.15, 0.2) is 0 Å². The number of amides is 1. The van der Waals surface area contributed by atoms with Crippen LogP contribution in [-0.2, 0) is 23.9 Å². The minimum absolute atomic E-state index is 0.131. The number of rotatable bonds is 31. The zero-order valence-corrected chi connectivity index (χ0v) is 27.6. The topological polar surface area (TPSA) is 72.9 Å². The van der Waals surface area contributed by atoms with Crippen LogP contribution in [-0.4, -0.2) is 54.9 Å². The van der Waals surface area contributed by atoms with E-state index in [1.54, 1.807) is 0 Å². The third kappa shape index (κ3) is 28.6. The van der Waals surface area contributed by atoms with Crippen molar-refractivity contribution in [1.82, 2.24) is 4.90 Å². The highest BCUT2D eigenvalue weighted by molar-refractivity contribution is 6.27. The summed E-state index contributed by atoms with van der Waals surface area (Å²) in [6, 6.07) is 0. The molecule has 6 nitrogen and oxygen atoms in total. The molecular weight excluding hydrogens is 538 g/mol. The summed E-state index contributed by atoms with van der Waals surface area (Å²) in [7, 11) is 0. The van der Waals surface area contributed by atoms with E-state index in [1.807, 2.05) is 0 Å². The lowest BCUT2D eigenvalue weighted by atomic mass is 10.1. The Hall–Kier alpha value is -1.30. The van der Waals surface area contributed by atoms with E-state index >= 15 is 0 Å². The van der Waals surface area contributed by atoms with Crippen LogP contribution in [0.4, 0.5) is 0 Å². The summed E-state index contributed by atoms with van der Waals surface area (Å²) in [4.78, 5) is 37.8. The van der Waals surface area contributed by atoms with E-state index in [0.717, 1.165) is 38.5 Å². The van der Waals surface area contributed by atoms with Crippen molar-refractivity contribution in [3.8, 4) is 0 Å². The van der Waals surface area contributed by atoms with Crippen LogP contribution in [0.2, 0.25) is 0 Å². The van der Waals surface area contributed by atoms with Crippen LogP contribution in [0.5, 0.6) is 0 Å². The second-order valence-corrected chi connectivity index (χ2v) is 11.8. The van der Waals surface area contributed by atoms with Gasteiger partial charge >= 0.3 is 11.9 Å². The molecule has 0 aliphatic carbocycles. The zero-order valence-electron chi connectivity index (χ0n) is 26.9. The predicted molar refractivity (Wildman–Crippen MR) is 171 cm³/mol. The Morgan fingerprint density at radius 1 is 0.488 bits per heavy atom. The summed E-state index contributed by atoms with van der Waals surface area (Å²) in [5.74, 6) is -0.857. The molecule has 0 rings (SSSR count). The first-order valence-electron chi connectivity index (χ1n) is 17.2. The van der Waals surface area contributed by atoms with Gasteiger partial charge in [0.2, 0.25) is 5.91 Å². The first-order valence-corrected chi connectivity index (χ1v) is 17.7. The molecule has 242 valence electrons. The normalized spacial score (nSPS) is 11.0. The summed E-state index contributed by atoms with van der Waals surface area (Å²) >= 11 is 5.74. The van der Waals surface area contributed by atoms with Crippen LogP contribution in [0, 0.1) is 0 Å². The molecule has 0 radical (unpaired) electrons. The number of carbonyl (C=O) groups excluding carboxylic acids is 3. The fraction of sp³-hybridized carbons (Fsp3) is 0.912. The molecule has 7 heteroatoms. The number of carbonyl (C=O) groups is 3. The van der Waals surface area contributed by atoms with Crippen molar-refractivity contribution in [1.29, 1.82) is 0 Å². The lowest BCUT2D eigenvalue weighted by Crippen LogP contribution is -2.38. The van der Waals surface area contributed by atoms with E-state index in [0.29, 0.717) is 12.8 Å². The Balaban J connectivity index is 3.76. The quantitative estimate of drug-likeness (QED) is 0.0449. The average molecular weight is 602 g/mol. The summed E-state index contributed by atoms with van der Waals surface area (Å²) in [5.41, 5.74) is 0. The van der Waals surface area contributed by atoms with Crippen LogP contribution in [0.1, 0.15) is 168 Å². The maximum absolute atomic E-state index is 12.1. The van der Waals surface area contributed by atoms with Crippen molar-refractivity contribution < 1.29 is 23.9 Å². The first kappa shape index (κ1) is 39.7. The number of nitrogens with zero attached hydrogens (tertiary/aromatic N) is 1. The molecule has 0 spiro atoms. The lowest BCUT2D eigenvalue weighted by Gasteiger charge is -2.21. The van der Waals surface area contributed by atoms with E-state index in [1.165, 1.54) is 108 Å². The van der Waals surface area contributed by atoms with Crippen molar-refractivity contribution in [3.63, 3.8) is 0 Å². The third-order valence-corrected chi connectivity index (χ3v) is 7.91. The molecule has 41 heavy (non-hydrogen) atoms. The predicted octanol–water partition coefficient (Wildman–Crippen LogP) is 9.54. The molecule has 0 bridgehead atoms. The monoisotopic (exact) mass is 601 g/mol. The Morgan fingerprint density at radius 3 is 1.07 bits per heavy atom. The van der Waals surface area contributed by atoms with Crippen LogP contribution >= 0.6 is 11.6 Å². The van der Waals surface area contributed by atoms with E-state index in [2.05, 4.69) is 13.8 Å². The van der Waals surface area contributed by atoms with E-state index in [4.69, 9.17) is 21.1 Å². The van der Waals surface area contributed by atoms with Gasteiger partial charge in [0.05, 0.1) is 13.1 Å². The summed E-state index contributed by atoms with van der Waals surface area (Å²) in [6.45, 7) is 5.26. The fourth-order valence-electron chi connectivity index (χ4n) is 5.00. The highest BCUT2D eigenvalue weighted by atomic mass is 35.5. The second kappa shape index (κ2) is 31.6. The van der Waals surface area contributed by atoms with Crippen LogP contribution < -0.4 is 0 Å². The van der Waals surface area contributed by atoms with Gasteiger partial charge in [0.25, 0.3) is 0 Å². The maximum Gasteiger partial charge on any atom is 0.305 e. The molecule has 0 aromatic carbocycles. The summed E-state index contributed by atoms with van der Waals surface area (Å²) in [6.07, 6.45) is 28.1.